The maximum absolute atomic E-state index is 13.0. The lowest BCUT2D eigenvalue weighted by Gasteiger charge is -2.32. The van der Waals surface area contributed by atoms with E-state index in [1.165, 1.54) is 4.90 Å². The number of esters is 1. The van der Waals surface area contributed by atoms with Gasteiger partial charge in [-0.1, -0.05) is 6.92 Å². The number of fused-ring (bicyclic) bond motifs is 1. The third-order valence-corrected chi connectivity index (χ3v) is 6.37. The smallest absolute Gasteiger partial charge is 0.338 e. The third kappa shape index (κ3) is 5.51. The molecule has 9 heteroatoms. The number of aromatic nitrogens is 1. The topological polar surface area (TPSA) is 97.8 Å². The highest BCUT2D eigenvalue weighted by Gasteiger charge is 2.33. The molecule has 3 aromatic rings. The van der Waals surface area contributed by atoms with Gasteiger partial charge in [0, 0.05) is 16.6 Å². The molecule has 182 valence electrons. The number of anilines is 2. The first-order valence-corrected chi connectivity index (χ1v) is 12.4. The number of nitrogens with zero attached hydrogens (tertiary/aromatic N) is 2. The average molecular weight is 494 g/mol. The minimum atomic E-state index is -0.708. The predicted octanol–water partition coefficient (Wildman–Crippen LogP) is 4.69. The lowest BCUT2D eigenvalue weighted by molar-refractivity contribution is -0.127. The number of nitrogens with one attached hydrogen (secondary N) is 1. The Morgan fingerprint density at radius 2 is 1.94 bits per heavy atom. The molecule has 0 spiro atoms. The van der Waals surface area contributed by atoms with Crippen LogP contribution in [-0.4, -0.2) is 42.0 Å². The molecule has 1 N–H and O–H groups in total. The van der Waals surface area contributed by atoms with E-state index >= 15 is 0 Å². The summed E-state index contributed by atoms with van der Waals surface area (Å²) < 4.78 is 10.8. The van der Waals surface area contributed by atoms with Gasteiger partial charge in [-0.2, -0.15) is 0 Å². The fourth-order valence-corrected chi connectivity index (χ4v) is 4.66. The molecule has 0 radical (unpaired) electrons. The summed E-state index contributed by atoms with van der Waals surface area (Å²) in [6, 6.07) is 12.0. The highest BCUT2D eigenvalue weighted by Crippen LogP contribution is 2.37. The Morgan fingerprint density at radius 1 is 1.17 bits per heavy atom. The Bertz CT molecular complexity index is 1240. The molecule has 1 atom stereocenters. The first-order chi connectivity index (χ1) is 16.9. The van der Waals surface area contributed by atoms with E-state index in [4.69, 9.17) is 9.47 Å². The van der Waals surface area contributed by atoms with Gasteiger partial charge in [0.05, 0.1) is 28.6 Å². The standard InChI is InChI=1S/C26H27N3O5S/c1-4-6-24-28-20(15-35-24)18-9-12-22-21(13-18)29(25(31)16(3)34-22)14-23(30)27-19-10-7-17(8-11-19)26(32)33-5-2/h7-13,15-16H,4-6,14H2,1-3H3,(H,27,30). The maximum Gasteiger partial charge on any atom is 0.338 e. The maximum atomic E-state index is 13.0. The van der Waals surface area contributed by atoms with Gasteiger partial charge in [-0.25, -0.2) is 9.78 Å². The van der Waals surface area contributed by atoms with E-state index < -0.39 is 12.1 Å². The van der Waals surface area contributed by atoms with Gasteiger partial charge in [0.1, 0.15) is 12.3 Å². The van der Waals surface area contributed by atoms with E-state index in [0.717, 1.165) is 29.1 Å². The van der Waals surface area contributed by atoms with Crippen LogP contribution < -0.4 is 15.0 Å². The molecule has 0 aliphatic carbocycles. The largest absolute Gasteiger partial charge is 0.479 e. The number of carbonyl (C=O) groups excluding carboxylic acids is 3. The molecule has 1 aromatic heterocycles. The van der Waals surface area contributed by atoms with E-state index in [2.05, 4.69) is 17.2 Å². The fourth-order valence-electron chi connectivity index (χ4n) is 3.75. The summed E-state index contributed by atoms with van der Waals surface area (Å²) in [5.74, 6) is -0.553. The molecule has 0 saturated heterocycles. The van der Waals surface area contributed by atoms with Gasteiger partial charge >= 0.3 is 5.97 Å². The van der Waals surface area contributed by atoms with Crippen molar-refractivity contribution in [2.75, 3.05) is 23.4 Å². The van der Waals surface area contributed by atoms with Crippen molar-refractivity contribution < 1.29 is 23.9 Å². The van der Waals surface area contributed by atoms with E-state index in [1.54, 1.807) is 49.4 Å². The van der Waals surface area contributed by atoms with Gasteiger partial charge in [0.25, 0.3) is 5.91 Å². The van der Waals surface area contributed by atoms with Crippen molar-refractivity contribution in [1.82, 2.24) is 4.98 Å². The molecule has 2 amide bonds. The van der Waals surface area contributed by atoms with Gasteiger partial charge in [0.2, 0.25) is 5.91 Å². The SMILES string of the molecule is CCCc1nc(-c2ccc3c(c2)N(CC(=O)Nc2ccc(C(=O)OCC)cc2)C(=O)C(C)O3)cs1. The molecule has 2 heterocycles. The monoisotopic (exact) mass is 493 g/mol. The molecule has 1 aliphatic rings. The quantitative estimate of drug-likeness (QED) is 0.457. The number of benzene rings is 2. The molecule has 2 aromatic carbocycles. The predicted molar refractivity (Wildman–Crippen MR) is 135 cm³/mol. The summed E-state index contributed by atoms with van der Waals surface area (Å²) in [7, 11) is 0. The van der Waals surface area contributed by atoms with Crippen LogP contribution in [0.3, 0.4) is 0 Å². The van der Waals surface area contributed by atoms with Crippen LogP contribution in [0.2, 0.25) is 0 Å². The molecule has 8 nitrogen and oxygen atoms in total. The van der Waals surface area contributed by atoms with Crippen molar-refractivity contribution in [1.29, 1.82) is 0 Å². The van der Waals surface area contributed by atoms with Crippen molar-refractivity contribution in [2.24, 2.45) is 0 Å². The summed E-state index contributed by atoms with van der Waals surface area (Å²) >= 11 is 1.61. The first-order valence-electron chi connectivity index (χ1n) is 11.5. The Balaban J connectivity index is 1.52. The normalized spacial score (nSPS) is 14.8. The molecule has 0 saturated carbocycles. The van der Waals surface area contributed by atoms with Crippen LogP contribution in [-0.2, 0) is 20.7 Å². The summed E-state index contributed by atoms with van der Waals surface area (Å²) in [5, 5.41) is 5.84. The number of hydrogen-bond donors (Lipinski definition) is 1. The van der Waals surface area contributed by atoms with Crippen molar-refractivity contribution in [3.05, 3.63) is 58.4 Å². The second kappa shape index (κ2) is 10.7. The highest BCUT2D eigenvalue weighted by molar-refractivity contribution is 7.09. The minimum Gasteiger partial charge on any atom is -0.479 e. The number of amides is 2. The lowest BCUT2D eigenvalue weighted by Crippen LogP contribution is -2.47. The van der Waals surface area contributed by atoms with Crippen LogP contribution >= 0.6 is 11.3 Å². The zero-order valence-corrected chi connectivity index (χ0v) is 20.7. The van der Waals surface area contributed by atoms with E-state index in [-0.39, 0.29) is 25.0 Å². The van der Waals surface area contributed by atoms with Gasteiger partial charge in [-0.15, -0.1) is 11.3 Å². The van der Waals surface area contributed by atoms with Crippen LogP contribution in [0.5, 0.6) is 5.75 Å². The molecule has 0 fully saturated rings. The zero-order valence-electron chi connectivity index (χ0n) is 19.9. The molecule has 35 heavy (non-hydrogen) atoms. The third-order valence-electron chi connectivity index (χ3n) is 5.46. The van der Waals surface area contributed by atoms with Gasteiger partial charge in [-0.05, 0) is 69.2 Å². The second-order valence-electron chi connectivity index (χ2n) is 8.09. The van der Waals surface area contributed by atoms with Crippen LogP contribution in [0.15, 0.2) is 47.8 Å². The molecule has 0 bridgehead atoms. The highest BCUT2D eigenvalue weighted by atomic mass is 32.1. The molecular formula is C26H27N3O5S. The summed E-state index contributed by atoms with van der Waals surface area (Å²) in [4.78, 5) is 43.7. The molecule has 1 aliphatic heterocycles. The van der Waals surface area contributed by atoms with Crippen LogP contribution in [0, 0.1) is 0 Å². The summed E-state index contributed by atoms with van der Waals surface area (Å²) in [6.45, 7) is 5.62. The van der Waals surface area contributed by atoms with Crippen molar-refractivity contribution in [3.8, 4) is 17.0 Å². The number of aryl methyl sites for hydroxylation is 1. The van der Waals surface area contributed by atoms with Crippen molar-refractivity contribution >= 4 is 40.5 Å². The van der Waals surface area contributed by atoms with E-state index in [1.807, 2.05) is 23.6 Å². The number of hydrogen-bond acceptors (Lipinski definition) is 7. The van der Waals surface area contributed by atoms with Gasteiger partial charge in [-0.3, -0.25) is 14.5 Å². The fraction of sp³-hybridized carbons (Fsp3) is 0.308. The molecule has 1 unspecified atom stereocenters. The second-order valence-corrected chi connectivity index (χ2v) is 9.03. The summed E-state index contributed by atoms with van der Waals surface area (Å²) in [6.07, 6.45) is 1.23. The Hall–Kier alpha value is -3.72. The zero-order chi connectivity index (χ0) is 24.9. The van der Waals surface area contributed by atoms with E-state index in [9.17, 15) is 14.4 Å². The van der Waals surface area contributed by atoms with Crippen LogP contribution in [0.25, 0.3) is 11.3 Å². The Labute approximate surface area is 207 Å². The van der Waals surface area contributed by atoms with E-state index in [0.29, 0.717) is 22.7 Å². The van der Waals surface area contributed by atoms with Crippen LogP contribution in [0.4, 0.5) is 11.4 Å². The number of thiazole rings is 1. The van der Waals surface area contributed by atoms with Gasteiger partial charge in [0.15, 0.2) is 6.10 Å². The number of carbonyl (C=O) groups is 3. The molecular weight excluding hydrogens is 466 g/mol. The van der Waals surface area contributed by atoms with Crippen molar-refractivity contribution in [2.45, 2.75) is 39.7 Å². The number of rotatable bonds is 8. The first kappa shape index (κ1) is 24.4. The average Bonchev–Trinajstić information content (AvgIpc) is 3.31. The van der Waals surface area contributed by atoms with Crippen molar-refractivity contribution in [3.63, 3.8) is 0 Å². The van der Waals surface area contributed by atoms with Crippen LogP contribution in [0.1, 0.15) is 42.6 Å². The Kier molecular flexibility index (Phi) is 7.45. The number of ether oxygens (including phenoxy) is 2. The lowest BCUT2D eigenvalue weighted by atomic mass is 10.1. The Morgan fingerprint density at radius 3 is 2.66 bits per heavy atom. The minimum absolute atomic E-state index is 0.180. The van der Waals surface area contributed by atoms with Gasteiger partial charge < -0.3 is 14.8 Å². The summed E-state index contributed by atoms with van der Waals surface area (Å²) in [5.41, 5.74) is 3.12. The molecule has 4 rings (SSSR count).